The Labute approximate surface area is 271 Å². The lowest BCUT2D eigenvalue weighted by atomic mass is 9.94. The van der Waals surface area contributed by atoms with Crippen LogP contribution in [0.3, 0.4) is 0 Å². The SMILES string of the molecule is Cc1cn(C[C@@H]2CCCN(C(=O)[C@H]3CN([C@H]4c5ccc(Cl)cc5CCc5cccnc54)CCN3C(=O)OCC(C)(C)C)C2)cn1. The molecule has 2 saturated heterocycles. The molecule has 2 aromatic heterocycles. The minimum atomic E-state index is -0.661. The molecule has 4 heterocycles. The second-order valence-corrected chi connectivity index (χ2v) is 14.6. The van der Waals surface area contributed by atoms with E-state index in [1.165, 1.54) is 16.7 Å². The minimum absolute atomic E-state index is 0.00915. The maximum atomic E-state index is 14.5. The second kappa shape index (κ2) is 13.1. The van der Waals surface area contributed by atoms with Crippen molar-refractivity contribution in [2.75, 3.05) is 39.3 Å². The van der Waals surface area contributed by atoms with Gasteiger partial charge in [-0.25, -0.2) is 9.78 Å². The molecular formula is C35H45ClN6O3. The highest BCUT2D eigenvalue weighted by Crippen LogP contribution is 2.38. The number of benzene rings is 1. The van der Waals surface area contributed by atoms with E-state index in [9.17, 15) is 9.59 Å². The van der Waals surface area contributed by atoms with Crippen molar-refractivity contribution in [2.45, 2.75) is 72.0 Å². The van der Waals surface area contributed by atoms with Crippen LogP contribution in [0.2, 0.25) is 5.02 Å². The molecule has 9 nitrogen and oxygen atoms in total. The number of likely N-dealkylation sites (tertiary alicyclic amines) is 1. The molecule has 0 bridgehead atoms. The van der Waals surface area contributed by atoms with E-state index in [0.29, 0.717) is 38.6 Å². The maximum absolute atomic E-state index is 14.5. The van der Waals surface area contributed by atoms with Crippen LogP contribution in [0, 0.1) is 18.3 Å². The summed E-state index contributed by atoms with van der Waals surface area (Å²) in [6, 6.07) is 9.46. The quantitative estimate of drug-likeness (QED) is 0.368. The summed E-state index contributed by atoms with van der Waals surface area (Å²) in [6.07, 6.45) is 9.09. The number of fused-ring (bicyclic) bond motifs is 2. The van der Waals surface area contributed by atoms with Crippen LogP contribution in [0.15, 0.2) is 49.1 Å². The van der Waals surface area contributed by atoms with Gasteiger partial charge in [0, 0.05) is 56.7 Å². The van der Waals surface area contributed by atoms with Crippen LogP contribution in [-0.2, 0) is 28.9 Å². The number of carbonyl (C=O) groups excluding carboxylic acids is 2. The van der Waals surface area contributed by atoms with Crippen molar-refractivity contribution in [3.8, 4) is 0 Å². The second-order valence-electron chi connectivity index (χ2n) is 14.1. The van der Waals surface area contributed by atoms with Crippen molar-refractivity contribution in [3.63, 3.8) is 0 Å². The molecule has 1 aliphatic carbocycles. The molecule has 0 N–H and O–H groups in total. The summed E-state index contributed by atoms with van der Waals surface area (Å²) < 4.78 is 7.92. The molecule has 0 saturated carbocycles. The van der Waals surface area contributed by atoms with Gasteiger partial charge in [-0.05, 0) is 78.8 Å². The van der Waals surface area contributed by atoms with Crippen molar-refractivity contribution in [1.82, 2.24) is 29.2 Å². The number of amides is 2. The molecule has 3 aliphatic rings. The minimum Gasteiger partial charge on any atom is -0.449 e. The first-order valence-corrected chi connectivity index (χ1v) is 16.6. The number of rotatable bonds is 5. The van der Waals surface area contributed by atoms with Crippen molar-refractivity contribution < 1.29 is 14.3 Å². The van der Waals surface area contributed by atoms with Crippen LogP contribution in [-0.4, -0.2) is 86.6 Å². The zero-order valence-corrected chi connectivity index (χ0v) is 27.7. The first kappa shape index (κ1) is 31.5. The number of hydrogen-bond acceptors (Lipinski definition) is 6. The van der Waals surface area contributed by atoms with Gasteiger partial charge < -0.3 is 14.2 Å². The molecule has 45 heavy (non-hydrogen) atoms. The van der Waals surface area contributed by atoms with E-state index in [1.807, 2.05) is 57.3 Å². The predicted molar refractivity (Wildman–Crippen MR) is 174 cm³/mol. The van der Waals surface area contributed by atoms with Crippen LogP contribution in [0.4, 0.5) is 4.79 Å². The summed E-state index contributed by atoms with van der Waals surface area (Å²) in [4.78, 5) is 43.4. The Morgan fingerprint density at radius 2 is 1.87 bits per heavy atom. The third-order valence-electron chi connectivity index (χ3n) is 9.24. The van der Waals surface area contributed by atoms with E-state index in [4.69, 9.17) is 21.3 Å². The van der Waals surface area contributed by atoms with E-state index in [2.05, 4.69) is 38.8 Å². The summed E-state index contributed by atoms with van der Waals surface area (Å²) in [5.74, 6) is 0.317. The summed E-state index contributed by atoms with van der Waals surface area (Å²) in [5, 5.41) is 0.719. The number of pyridine rings is 1. The lowest BCUT2D eigenvalue weighted by Crippen LogP contribution is -2.62. The first-order chi connectivity index (χ1) is 21.6. The van der Waals surface area contributed by atoms with Gasteiger partial charge in [0.15, 0.2) is 0 Å². The van der Waals surface area contributed by atoms with E-state index in [0.717, 1.165) is 48.6 Å². The Morgan fingerprint density at radius 1 is 1.04 bits per heavy atom. The van der Waals surface area contributed by atoms with Crippen LogP contribution >= 0.6 is 11.6 Å². The predicted octanol–water partition coefficient (Wildman–Crippen LogP) is 5.54. The van der Waals surface area contributed by atoms with Crippen molar-refractivity contribution in [2.24, 2.45) is 11.3 Å². The molecule has 1 aromatic carbocycles. The van der Waals surface area contributed by atoms with Gasteiger partial charge in [-0.1, -0.05) is 44.5 Å². The van der Waals surface area contributed by atoms with Gasteiger partial charge in [-0.15, -0.1) is 0 Å². The van der Waals surface area contributed by atoms with Gasteiger partial charge in [-0.3, -0.25) is 19.6 Å². The third kappa shape index (κ3) is 7.20. The molecule has 2 fully saturated rings. The molecular weight excluding hydrogens is 588 g/mol. The number of hydrogen-bond donors (Lipinski definition) is 0. The summed E-state index contributed by atoms with van der Waals surface area (Å²) in [6.45, 7) is 12.0. The third-order valence-corrected chi connectivity index (χ3v) is 9.47. The fourth-order valence-electron chi connectivity index (χ4n) is 7.08. The number of carbonyl (C=O) groups is 2. The molecule has 10 heteroatoms. The van der Waals surface area contributed by atoms with Crippen molar-refractivity contribution in [3.05, 3.63) is 82.2 Å². The van der Waals surface area contributed by atoms with Gasteiger partial charge >= 0.3 is 6.09 Å². The Bertz CT molecular complexity index is 1530. The Morgan fingerprint density at radius 3 is 2.64 bits per heavy atom. The molecule has 3 atom stereocenters. The van der Waals surface area contributed by atoms with Crippen molar-refractivity contribution in [1.29, 1.82) is 0 Å². The van der Waals surface area contributed by atoms with Gasteiger partial charge in [0.25, 0.3) is 0 Å². The Hall–Kier alpha value is -3.43. The maximum Gasteiger partial charge on any atom is 0.410 e. The van der Waals surface area contributed by atoms with Crippen molar-refractivity contribution >= 4 is 23.6 Å². The van der Waals surface area contributed by atoms with Gasteiger partial charge in [0.1, 0.15) is 6.04 Å². The van der Waals surface area contributed by atoms with Crippen LogP contribution in [0.1, 0.15) is 67.7 Å². The standard InChI is InChI=1S/C35H45ClN6O3/c1-24-18-39(23-38-24)19-25-7-6-14-41(20-25)33(43)30-21-40(15-16-42(30)34(44)45-22-35(2,3)4)32-29-12-11-28(36)17-27(29)10-9-26-8-5-13-37-31(26)32/h5,8,11-13,17-18,23,25,30,32H,6-7,9-10,14-16,19-22H2,1-4H3/t25-,30+,32-/m0/s1. The van der Waals surface area contributed by atoms with E-state index in [-0.39, 0.29) is 24.0 Å². The topological polar surface area (TPSA) is 83.8 Å². The van der Waals surface area contributed by atoms with Gasteiger partial charge in [0.2, 0.25) is 5.91 Å². The lowest BCUT2D eigenvalue weighted by Gasteiger charge is -2.45. The van der Waals surface area contributed by atoms with E-state index < -0.39 is 12.1 Å². The molecule has 0 radical (unpaired) electrons. The molecule has 6 rings (SSSR count). The number of nitrogens with zero attached hydrogens (tertiary/aromatic N) is 6. The highest BCUT2D eigenvalue weighted by molar-refractivity contribution is 6.30. The van der Waals surface area contributed by atoms with E-state index >= 15 is 0 Å². The molecule has 240 valence electrons. The number of aromatic nitrogens is 3. The smallest absolute Gasteiger partial charge is 0.410 e. The average molecular weight is 633 g/mol. The highest BCUT2D eigenvalue weighted by atomic mass is 35.5. The molecule has 0 spiro atoms. The lowest BCUT2D eigenvalue weighted by molar-refractivity contribution is -0.141. The van der Waals surface area contributed by atoms with Gasteiger partial charge in [0.05, 0.1) is 30.4 Å². The van der Waals surface area contributed by atoms with Crippen LogP contribution in [0.25, 0.3) is 0 Å². The number of piperidine rings is 1. The molecule has 2 aliphatic heterocycles. The number of piperazine rings is 1. The summed E-state index contributed by atoms with van der Waals surface area (Å²) in [7, 11) is 0. The summed E-state index contributed by atoms with van der Waals surface area (Å²) >= 11 is 6.46. The average Bonchev–Trinajstić information content (AvgIpc) is 3.35. The number of ether oxygens (including phenoxy) is 1. The normalized spacial score (nSPS) is 22.4. The number of aryl methyl sites for hydroxylation is 3. The van der Waals surface area contributed by atoms with Gasteiger partial charge in [-0.2, -0.15) is 0 Å². The molecule has 3 aromatic rings. The molecule has 2 amide bonds. The van der Waals surface area contributed by atoms with Crippen LogP contribution in [0.5, 0.6) is 0 Å². The number of imidazole rings is 1. The van der Waals surface area contributed by atoms with E-state index in [1.54, 1.807) is 4.90 Å². The Kier molecular flexibility index (Phi) is 9.20. The zero-order chi connectivity index (χ0) is 31.7. The largest absolute Gasteiger partial charge is 0.449 e. The van der Waals surface area contributed by atoms with Crippen LogP contribution < -0.4 is 0 Å². The summed E-state index contributed by atoms with van der Waals surface area (Å²) in [5.41, 5.74) is 5.41. The first-order valence-electron chi connectivity index (χ1n) is 16.2. The highest BCUT2D eigenvalue weighted by Gasteiger charge is 2.43. The zero-order valence-electron chi connectivity index (χ0n) is 26.9. The fraction of sp³-hybridized carbons (Fsp3) is 0.543. The molecule has 0 unspecified atom stereocenters. The number of halogens is 1. The Balaban J connectivity index is 1.29. The fourth-order valence-corrected chi connectivity index (χ4v) is 7.27. The monoisotopic (exact) mass is 632 g/mol.